The molecule has 3 rings (SSSR count). The van der Waals surface area contributed by atoms with Crippen LogP contribution in [0.4, 0.5) is 4.39 Å². The minimum Gasteiger partial charge on any atom is -0.331 e. The van der Waals surface area contributed by atoms with Gasteiger partial charge in [0.05, 0.1) is 11.6 Å². The molecule has 2 aromatic carbocycles. The average Bonchev–Trinajstić information content (AvgIpc) is 2.54. The van der Waals surface area contributed by atoms with Crippen molar-refractivity contribution >= 4 is 5.91 Å². The van der Waals surface area contributed by atoms with Crippen LogP contribution in [0.5, 0.6) is 0 Å². The summed E-state index contributed by atoms with van der Waals surface area (Å²) in [5, 5.41) is 8.85. The number of nitriles is 1. The van der Waals surface area contributed by atoms with Crippen molar-refractivity contribution in [1.29, 1.82) is 5.26 Å². The van der Waals surface area contributed by atoms with Crippen molar-refractivity contribution in [1.82, 2.24) is 4.90 Å². The molecule has 0 N–H and O–H groups in total. The molecule has 0 unspecified atom stereocenters. The fraction of sp³-hybridized carbons (Fsp3) is 0.263. The quantitative estimate of drug-likeness (QED) is 0.860. The van der Waals surface area contributed by atoms with Crippen molar-refractivity contribution in [2.75, 3.05) is 0 Å². The first kappa shape index (κ1) is 15.2. The topological polar surface area (TPSA) is 44.1 Å². The first-order chi connectivity index (χ1) is 11.2. The van der Waals surface area contributed by atoms with Crippen molar-refractivity contribution in [3.8, 4) is 6.07 Å². The van der Waals surface area contributed by atoms with Crippen LogP contribution in [-0.4, -0.2) is 16.8 Å². The predicted molar refractivity (Wildman–Crippen MR) is 85.1 cm³/mol. The Morgan fingerprint density at radius 3 is 2.30 bits per heavy atom. The highest BCUT2D eigenvalue weighted by molar-refractivity contribution is 5.94. The number of amides is 1. The minimum atomic E-state index is -0.276. The van der Waals surface area contributed by atoms with Crippen LogP contribution in [0.1, 0.15) is 40.7 Å². The maximum Gasteiger partial charge on any atom is 0.254 e. The Morgan fingerprint density at radius 1 is 1.13 bits per heavy atom. The molecule has 3 nitrogen and oxygen atoms in total. The molecule has 1 saturated carbocycles. The zero-order chi connectivity index (χ0) is 16.2. The lowest BCUT2D eigenvalue weighted by Crippen LogP contribution is -2.43. The van der Waals surface area contributed by atoms with Gasteiger partial charge in [-0.05, 0) is 61.2 Å². The lowest BCUT2D eigenvalue weighted by Gasteiger charge is -2.37. The molecule has 0 saturated heterocycles. The number of benzene rings is 2. The number of rotatable bonds is 4. The van der Waals surface area contributed by atoms with Crippen LogP contribution in [0, 0.1) is 17.1 Å². The van der Waals surface area contributed by atoms with Gasteiger partial charge in [-0.2, -0.15) is 5.26 Å². The second-order valence-electron chi connectivity index (χ2n) is 5.83. The number of hydrogen-bond acceptors (Lipinski definition) is 2. The number of hydrogen-bond donors (Lipinski definition) is 0. The van der Waals surface area contributed by atoms with Crippen molar-refractivity contribution in [3.05, 3.63) is 71.0 Å². The van der Waals surface area contributed by atoms with Gasteiger partial charge in [0.1, 0.15) is 5.82 Å². The van der Waals surface area contributed by atoms with E-state index in [1.54, 1.807) is 36.4 Å². The molecule has 1 aliphatic rings. The van der Waals surface area contributed by atoms with Gasteiger partial charge in [0, 0.05) is 18.2 Å². The number of carbonyl (C=O) groups is 1. The fourth-order valence-corrected chi connectivity index (χ4v) is 2.70. The summed E-state index contributed by atoms with van der Waals surface area (Å²) >= 11 is 0. The Balaban J connectivity index is 1.81. The third kappa shape index (κ3) is 3.40. The average molecular weight is 308 g/mol. The van der Waals surface area contributed by atoms with E-state index in [9.17, 15) is 9.18 Å². The fourth-order valence-electron chi connectivity index (χ4n) is 2.70. The predicted octanol–water partition coefficient (Wildman–Crippen LogP) is 3.89. The van der Waals surface area contributed by atoms with Gasteiger partial charge >= 0.3 is 0 Å². The Morgan fingerprint density at radius 2 is 1.78 bits per heavy atom. The minimum absolute atomic E-state index is 0.0384. The van der Waals surface area contributed by atoms with Crippen LogP contribution >= 0.6 is 0 Å². The maximum atomic E-state index is 13.0. The summed E-state index contributed by atoms with van der Waals surface area (Å²) in [5.74, 6) is -0.314. The molecule has 2 aromatic rings. The molecule has 4 heteroatoms. The van der Waals surface area contributed by atoms with Crippen LogP contribution < -0.4 is 0 Å². The van der Waals surface area contributed by atoms with Crippen LogP contribution in [0.15, 0.2) is 48.5 Å². The molecule has 1 fully saturated rings. The Hall–Kier alpha value is -2.67. The van der Waals surface area contributed by atoms with Crippen LogP contribution in [-0.2, 0) is 6.54 Å². The molecule has 0 aliphatic heterocycles. The summed E-state index contributed by atoms with van der Waals surface area (Å²) in [6, 6.07) is 15.3. The van der Waals surface area contributed by atoms with Gasteiger partial charge in [-0.3, -0.25) is 4.79 Å². The van der Waals surface area contributed by atoms with Gasteiger partial charge in [0.25, 0.3) is 5.91 Å². The summed E-state index contributed by atoms with van der Waals surface area (Å²) in [4.78, 5) is 14.7. The monoisotopic (exact) mass is 308 g/mol. The molecule has 0 heterocycles. The Bertz CT molecular complexity index is 727. The number of halogens is 1. The lowest BCUT2D eigenvalue weighted by molar-refractivity contribution is 0.0557. The van der Waals surface area contributed by atoms with E-state index >= 15 is 0 Å². The van der Waals surface area contributed by atoms with Gasteiger partial charge in [-0.25, -0.2) is 4.39 Å². The highest BCUT2D eigenvalue weighted by Gasteiger charge is 2.29. The molecule has 0 aromatic heterocycles. The van der Waals surface area contributed by atoms with Gasteiger partial charge < -0.3 is 4.90 Å². The molecule has 0 bridgehead atoms. The van der Waals surface area contributed by atoms with E-state index in [0.29, 0.717) is 17.7 Å². The third-order valence-corrected chi connectivity index (χ3v) is 4.30. The van der Waals surface area contributed by atoms with E-state index in [-0.39, 0.29) is 17.8 Å². The summed E-state index contributed by atoms with van der Waals surface area (Å²) < 4.78 is 13.0. The van der Waals surface area contributed by atoms with Crippen molar-refractivity contribution in [2.45, 2.75) is 31.8 Å². The molecule has 1 aliphatic carbocycles. The normalized spacial score (nSPS) is 13.9. The molecule has 0 radical (unpaired) electrons. The van der Waals surface area contributed by atoms with Gasteiger partial charge in [-0.1, -0.05) is 12.1 Å². The molecule has 0 atom stereocenters. The SMILES string of the molecule is N#Cc1ccc(C(=O)N(Cc2ccc(F)cc2)C2CCC2)cc1. The molecular formula is C19H17FN2O. The first-order valence-electron chi connectivity index (χ1n) is 7.73. The van der Waals surface area contributed by atoms with Crippen molar-refractivity contribution < 1.29 is 9.18 Å². The number of nitrogens with zero attached hydrogens (tertiary/aromatic N) is 2. The maximum absolute atomic E-state index is 13.0. The second-order valence-corrected chi connectivity index (χ2v) is 5.83. The Labute approximate surface area is 135 Å². The van der Waals surface area contributed by atoms with Crippen LogP contribution in [0.2, 0.25) is 0 Å². The second kappa shape index (κ2) is 6.62. The summed E-state index contributed by atoms with van der Waals surface area (Å²) in [6.45, 7) is 0.476. The standard InChI is InChI=1S/C19H17FN2O/c20-17-10-6-15(7-11-17)13-22(18-2-1-3-18)19(23)16-8-4-14(12-21)5-9-16/h4-11,18H,1-3,13H2. The first-order valence-corrected chi connectivity index (χ1v) is 7.73. The molecule has 23 heavy (non-hydrogen) atoms. The molecule has 116 valence electrons. The lowest BCUT2D eigenvalue weighted by atomic mass is 9.90. The highest BCUT2D eigenvalue weighted by atomic mass is 19.1. The van der Waals surface area contributed by atoms with Gasteiger partial charge in [0.15, 0.2) is 0 Å². The highest BCUT2D eigenvalue weighted by Crippen LogP contribution is 2.28. The van der Waals surface area contributed by atoms with E-state index in [2.05, 4.69) is 6.07 Å². The molecule has 0 spiro atoms. The smallest absolute Gasteiger partial charge is 0.254 e. The van der Waals surface area contributed by atoms with E-state index in [0.717, 1.165) is 24.8 Å². The Kier molecular flexibility index (Phi) is 4.38. The van der Waals surface area contributed by atoms with Gasteiger partial charge in [0.2, 0.25) is 0 Å². The van der Waals surface area contributed by atoms with E-state index in [1.165, 1.54) is 12.1 Å². The zero-order valence-electron chi connectivity index (χ0n) is 12.7. The molecular weight excluding hydrogens is 291 g/mol. The van der Waals surface area contributed by atoms with Crippen LogP contribution in [0.3, 0.4) is 0 Å². The largest absolute Gasteiger partial charge is 0.331 e. The summed E-state index contributed by atoms with van der Waals surface area (Å²) in [7, 11) is 0. The van der Waals surface area contributed by atoms with Crippen molar-refractivity contribution in [3.63, 3.8) is 0 Å². The van der Waals surface area contributed by atoms with E-state index in [4.69, 9.17) is 5.26 Å². The molecule has 1 amide bonds. The van der Waals surface area contributed by atoms with E-state index < -0.39 is 0 Å². The van der Waals surface area contributed by atoms with Gasteiger partial charge in [-0.15, -0.1) is 0 Å². The zero-order valence-corrected chi connectivity index (χ0v) is 12.7. The van der Waals surface area contributed by atoms with E-state index in [1.807, 2.05) is 4.90 Å². The summed E-state index contributed by atoms with van der Waals surface area (Å²) in [5.41, 5.74) is 2.04. The van der Waals surface area contributed by atoms with Crippen LogP contribution in [0.25, 0.3) is 0 Å². The summed E-state index contributed by atoms with van der Waals surface area (Å²) in [6.07, 6.45) is 3.14. The third-order valence-electron chi connectivity index (χ3n) is 4.30. The number of carbonyl (C=O) groups excluding carboxylic acids is 1. The van der Waals surface area contributed by atoms with Crippen molar-refractivity contribution in [2.24, 2.45) is 0 Å².